The summed E-state index contributed by atoms with van der Waals surface area (Å²) < 4.78 is 35.9. The minimum absolute atomic E-state index is 0. The lowest BCUT2D eigenvalue weighted by molar-refractivity contribution is -0.142. The Morgan fingerprint density at radius 3 is 2.85 bits per heavy atom. The molecular formula is C11H15ClF3N3OS. The number of carbonyl (C=O) groups is 1. The van der Waals surface area contributed by atoms with Crippen molar-refractivity contribution in [3.05, 3.63) is 10.6 Å². The molecule has 1 aliphatic carbocycles. The number of nitrogens with one attached hydrogen (secondary N) is 1. The van der Waals surface area contributed by atoms with Gasteiger partial charge in [0, 0.05) is 17.3 Å². The van der Waals surface area contributed by atoms with Crippen molar-refractivity contribution in [3.63, 3.8) is 0 Å². The number of amides is 1. The average Bonchev–Trinajstić information content (AvgIpc) is 2.66. The Labute approximate surface area is 124 Å². The maximum Gasteiger partial charge on any atom is 0.389 e. The minimum atomic E-state index is -4.31. The van der Waals surface area contributed by atoms with E-state index >= 15 is 0 Å². The number of nitrogens with two attached hydrogens (primary N) is 1. The van der Waals surface area contributed by atoms with Crippen LogP contribution in [0.5, 0.6) is 0 Å². The minimum Gasteiger partial charge on any atom is -0.327 e. The lowest BCUT2D eigenvalue weighted by atomic mass is 9.99. The third kappa shape index (κ3) is 4.92. The van der Waals surface area contributed by atoms with Crippen molar-refractivity contribution in [2.45, 2.75) is 44.3 Å². The molecule has 0 saturated heterocycles. The van der Waals surface area contributed by atoms with E-state index in [0.717, 1.165) is 23.4 Å². The van der Waals surface area contributed by atoms with Crippen LogP contribution in [0.4, 0.5) is 18.3 Å². The zero-order chi connectivity index (χ0) is 14.0. The third-order valence-corrected chi connectivity index (χ3v) is 3.90. The number of alkyl halides is 3. The standard InChI is InChI=1S/C11H14F3N3OS.ClH/c12-11(13,14)4-3-9(18)17-10-16-7-2-1-6(15)5-8(7)19-10;/h6H,1-5,15H2,(H,16,17,18);1H/t6-;/m0./s1. The summed E-state index contributed by atoms with van der Waals surface area (Å²) in [6.07, 6.45) is -3.69. The summed E-state index contributed by atoms with van der Waals surface area (Å²) >= 11 is 1.30. The summed E-state index contributed by atoms with van der Waals surface area (Å²) in [5, 5.41) is 2.78. The van der Waals surface area contributed by atoms with Crippen molar-refractivity contribution in [2.75, 3.05) is 5.32 Å². The van der Waals surface area contributed by atoms with Crippen LogP contribution < -0.4 is 11.1 Å². The fourth-order valence-electron chi connectivity index (χ4n) is 1.89. The molecule has 0 fully saturated rings. The van der Waals surface area contributed by atoms with Gasteiger partial charge in [0.2, 0.25) is 5.91 Å². The van der Waals surface area contributed by atoms with Crippen LogP contribution in [0.3, 0.4) is 0 Å². The van der Waals surface area contributed by atoms with Gasteiger partial charge in [0.05, 0.1) is 12.1 Å². The zero-order valence-electron chi connectivity index (χ0n) is 10.5. The summed E-state index contributed by atoms with van der Waals surface area (Å²) in [5.41, 5.74) is 6.72. The highest BCUT2D eigenvalue weighted by molar-refractivity contribution is 7.15. The highest BCUT2D eigenvalue weighted by Gasteiger charge is 2.28. The normalized spacial score (nSPS) is 18.1. The van der Waals surface area contributed by atoms with Gasteiger partial charge in [-0.3, -0.25) is 4.79 Å². The molecule has 0 radical (unpaired) electrons. The molecule has 1 aromatic rings. The fraction of sp³-hybridized carbons (Fsp3) is 0.636. The Kier molecular flexibility index (Phi) is 5.79. The van der Waals surface area contributed by atoms with Crippen molar-refractivity contribution < 1.29 is 18.0 Å². The maximum atomic E-state index is 12.0. The second-order valence-electron chi connectivity index (χ2n) is 4.56. The number of anilines is 1. The van der Waals surface area contributed by atoms with Crippen molar-refractivity contribution >= 4 is 34.8 Å². The predicted octanol–water partition coefficient (Wildman–Crippen LogP) is 2.66. The zero-order valence-corrected chi connectivity index (χ0v) is 12.1. The van der Waals surface area contributed by atoms with Gasteiger partial charge in [-0.2, -0.15) is 13.2 Å². The molecule has 1 aromatic heterocycles. The first-order valence-corrected chi connectivity index (χ1v) is 6.76. The van der Waals surface area contributed by atoms with Gasteiger partial charge in [-0.25, -0.2) is 4.98 Å². The molecule has 3 N–H and O–H groups in total. The molecule has 1 aliphatic rings. The first-order valence-electron chi connectivity index (χ1n) is 5.94. The van der Waals surface area contributed by atoms with Crippen LogP contribution in [-0.2, 0) is 17.6 Å². The molecule has 0 saturated carbocycles. The molecule has 0 unspecified atom stereocenters. The van der Waals surface area contributed by atoms with E-state index in [0.29, 0.717) is 11.6 Å². The van der Waals surface area contributed by atoms with Gasteiger partial charge in [0.15, 0.2) is 5.13 Å². The average molecular weight is 330 g/mol. The molecule has 1 heterocycles. The summed E-state index contributed by atoms with van der Waals surface area (Å²) in [7, 11) is 0. The quantitative estimate of drug-likeness (QED) is 0.895. The van der Waals surface area contributed by atoms with Crippen molar-refractivity contribution in [2.24, 2.45) is 5.73 Å². The van der Waals surface area contributed by atoms with Crippen molar-refractivity contribution in [1.82, 2.24) is 4.98 Å². The molecule has 0 bridgehead atoms. The van der Waals surface area contributed by atoms with E-state index in [2.05, 4.69) is 10.3 Å². The number of halogens is 4. The number of hydrogen-bond donors (Lipinski definition) is 2. The highest BCUT2D eigenvalue weighted by atomic mass is 35.5. The number of aromatic nitrogens is 1. The van der Waals surface area contributed by atoms with Gasteiger partial charge in [-0.1, -0.05) is 0 Å². The molecule has 0 aliphatic heterocycles. The van der Waals surface area contributed by atoms with E-state index in [-0.39, 0.29) is 18.4 Å². The number of nitrogens with zero attached hydrogens (tertiary/aromatic N) is 1. The number of thiazole rings is 1. The number of hydrogen-bond acceptors (Lipinski definition) is 4. The second-order valence-corrected chi connectivity index (χ2v) is 5.64. The predicted molar refractivity (Wildman–Crippen MR) is 73.3 cm³/mol. The molecular weight excluding hydrogens is 315 g/mol. The van der Waals surface area contributed by atoms with E-state index < -0.39 is 24.9 Å². The molecule has 0 aromatic carbocycles. The number of aryl methyl sites for hydroxylation is 1. The number of fused-ring (bicyclic) bond motifs is 1. The lowest BCUT2D eigenvalue weighted by Crippen LogP contribution is -2.27. The van der Waals surface area contributed by atoms with Crippen LogP contribution in [0.25, 0.3) is 0 Å². The van der Waals surface area contributed by atoms with Crippen LogP contribution >= 0.6 is 23.7 Å². The molecule has 1 amide bonds. The molecule has 1 atom stereocenters. The van der Waals surface area contributed by atoms with Gasteiger partial charge in [-0.15, -0.1) is 23.7 Å². The SMILES string of the molecule is Cl.N[C@H]1CCc2nc(NC(=O)CCC(F)(F)F)sc2C1. The Morgan fingerprint density at radius 1 is 1.50 bits per heavy atom. The summed E-state index contributed by atoms with van der Waals surface area (Å²) in [5.74, 6) is -0.660. The van der Waals surface area contributed by atoms with Crippen molar-refractivity contribution in [1.29, 1.82) is 0 Å². The van der Waals surface area contributed by atoms with Gasteiger partial charge in [0.1, 0.15) is 0 Å². The second kappa shape index (κ2) is 6.73. The Hall–Kier alpha value is -0.860. The summed E-state index contributed by atoms with van der Waals surface area (Å²) in [4.78, 5) is 16.6. The van der Waals surface area contributed by atoms with E-state index in [1.54, 1.807) is 0 Å². The molecule has 114 valence electrons. The lowest BCUT2D eigenvalue weighted by Gasteiger charge is -2.15. The molecule has 2 rings (SSSR count). The molecule has 4 nitrogen and oxygen atoms in total. The topological polar surface area (TPSA) is 68.0 Å². The molecule has 20 heavy (non-hydrogen) atoms. The Morgan fingerprint density at radius 2 is 2.20 bits per heavy atom. The van der Waals surface area contributed by atoms with E-state index in [1.165, 1.54) is 11.3 Å². The summed E-state index contributed by atoms with van der Waals surface area (Å²) in [6.45, 7) is 0. The third-order valence-electron chi connectivity index (χ3n) is 2.86. The van der Waals surface area contributed by atoms with E-state index in [9.17, 15) is 18.0 Å². The van der Waals surface area contributed by atoms with Gasteiger partial charge < -0.3 is 11.1 Å². The first kappa shape index (κ1) is 17.2. The van der Waals surface area contributed by atoms with Gasteiger partial charge in [-0.05, 0) is 19.3 Å². The van der Waals surface area contributed by atoms with Crippen LogP contribution in [0.15, 0.2) is 0 Å². The van der Waals surface area contributed by atoms with Crippen LogP contribution in [0.1, 0.15) is 29.8 Å². The summed E-state index contributed by atoms with van der Waals surface area (Å²) in [6, 6.07) is 0.0988. The first-order chi connectivity index (χ1) is 8.83. The number of rotatable bonds is 3. The van der Waals surface area contributed by atoms with Gasteiger partial charge in [0.25, 0.3) is 0 Å². The fourth-order valence-corrected chi connectivity index (χ4v) is 3.01. The van der Waals surface area contributed by atoms with Gasteiger partial charge >= 0.3 is 6.18 Å². The monoisotopic (exact) mass is 329 g/mol. The Bertz CT molecular complexity index is 478. The van der Waals surface area contributed by atoms with E-state index in [1.807, 2.05) is 0 Å². The Balaban J connectivity index is 0.00000200. The van der Waals surface area contributed by atoms with Crippen LogP contribution in [0.2, 0.25) is 0 Å². The van der Waals surface area contributed by atoms with E-state index in [4.69, 9.17) is 5.73 Å². The largest absolute Gasteiger partial charge is 0.389 e. The maximum absolute atomic E-state index is 12.0. The van der Waals surface area contributed by atoms with Crippen molar-refractivity contribution in [3.8, 4) is 0 Å². The molecule has 0 spiro atoms. The molecule has 9 heteroatoms. The number of carbonyl (C=O) groups excluding carboxylic acids is 1. The highest BCUT2D eigenvalue weighted by Crippen LogP contribution is 2.29. The van der Waals surface area contributed by atoms with Crippen LogP contribution in [0, 0.1) is 0 Å². The van der Waals surface area contributed by atoms with Crippen LogP contribution in [-0.4, -0.2) is 23.1 Å². The smallest absolute Gasteiger partial charge is 0.327 e.